The summed E-state index contributed by atoms with van der Waals surface area (Å²) in [6.07, 6.45) is 4.93. The smallest absolute Gasteiger partial charge is 0.226 e. The van der Waals surface area contributed by atoms with E-state index in [1.807, 2.05) is 18.5 Å². The van der Waals surface area contributed by atoms with Crippen molar-refractivity contribution in [3.63, 3.8) is 0 Å². The van der Waals surface area contributed by atoms with Crippen LogP contribution in [0.5, 0.6) is 0 Å². The summed E-state index contributed by atoms with van der Waals surface area (Å²) in [6, 6.07) is 4.40. The monoisotopic (exact) mass is 343 g/mol. The second-order valence-corrected chi connectivity index (χ2v) is 7.77. The number of carbonyl (C=O) groups is 1. The Kier molecular flexibility index (Phi) is 3.99. The molecule has 0 aromatic carbocycles. The van der Waals surface area contributed by atoms with E-state index < -0.39 is 0 Å². The van der Waals surface area contributed by atoms with Crippen LogP contribution in [0.1, 0.15) is 12.0 Å². The zero-order valence-corrected chi connectivity index (χ0v) is 14.4. The van der Waals surface area contributed by atoms with Gasteiger partial charge in [-0.2, -0.15) is 0 Å². The molecule has 25 heavy (non-hydrogen) atoms. The van der Waals surface area contributed by atoms with Gasteiger partial charge in [-0.15, -0.1) is 0 Å². The number of fused-ring (bicyclic) bond motifs is 2. The van der Waals surface area contributed by atoms with Gasteiger partial charge < -0.3 is 14.4 Å². The van der Waals surface area contributed by atoms with Crippen molar-refractivity contribution in [3.05, 3.63) is 30.1 Å². The third-order valence-electron chi connectivity index (χ3n) is 6.36. The Morgan fingerprint density at radius 3 is 2.96 bits per heavy atom. The number of piperidine rings is 1. The number of hydrogen-bond acceptors (Lipinski definition) is 5. The van der Waals surface area contributed by atoms with Crippen LogP contribution in [0.4, 0.5) is 0 Å². The number of ether oxygens (including phenoxy) is 2. The van der Waals surface area contributed by atoms with Gasteiger partial charge in [-0.05, 0) is 29.9 Å². The fourth-order valence-electron chi connectivity index (χ4n) is 4.88. The molecule has 3 aliphatic heterocycles. The topological polar surface area (TPSA) is 54.9 Å². The molecule has 0 spiro atoms. The fraction of sp³-hybridized carbons (Fsp3) is 0.684. The maximum absolute atomic E-state index is 12.9. The summed E-state index contributed by atoms with van der Waals surface area (Å²) in [7, 11) is 0. The van der Waals surface area contributed by atoms with Crippen LogP contribution in [-0.4, -0.2) is 72.3 Å². The highest BCUT2D eigenvalue weighted by Gasteiger charge is 2.59. The molecule has 134 valence electrons. The molecular formula is C19H25N3O3. The first-order chi connectivity index (χ1) is 12.3. The Bertz CT molecular complexity index is 630. The van der Waals surface area contributed by atoms with E-state index in [-0.39, 0.29) is 12.0 Å². The molecule has 1 amide bonds. The van der Waals surface area contributed by atoms with E-state index in [2.05, 4.69) is 20.9 Å². The first-order valence-corrected chi connectivity index (χ1v) is 9.42. The van der Waals surface area contributed by atoms with E-state index in [4.69, 9.17) is 9.47 Å². The summed E-state index contributed by atoms with van der Waals surface area (Å²) in [5.74, 6) is 1.55. The second kappa shape index (κ2) is 6.34. The van der Waals surface area contributed by atoms with E-state index >= 15 is 0 Å². The zero-order chi connectivity index (χ0) is 16.8. The molecule has 1 saturated carbocycles. The van der Waals surface area contributed by atoms with Crippen LogP contribution < -0.4 is 0 Å². The quantitative estimate of drug-likeness (QED) is 0.812. The van der Waals surface area contributed by atoms with Crippen molar-refractivity contribution in [2.75, 3.05) is 39.5 Å². The summed E-state index contributed by atoms with van der Waals surface area (Å²) in [6.45, 7) is 5.75. The lowest BCUT2D eigenvalue weighted by atomic mass is 9.97. The number of likely N-dealkylation sites (tertiary alicyclic amines) is 1. The van der Waals surface area contributed by atoms with Crippen LogP contribution in [0.15, 0.2) is 24.5 Å². The normalized spacial score (nSPS) is 37.4. The number of hydrogen-bond donors (Lipinski definition) is 0. The molecule has 6 heteroatoms. The number of morpholine rings is 1. The number of pyridine rings is 1. The lowest BCUT2D eigenvalue weighted by molar-refractivity contribution is -0.146. The Morgan fingerprint density at radius 1 is 1.28 bits per heavy atom. The van der Waals surface area contributed by atoms with Gasteiger partial charge in [-0.1, -0.05) is 6.07 Å². The molecule has 1 aromatic rings. The minimum Gasteiger partial charge on any atom is -0.381 e. The van der Waals surface area contributed by atoms with Gasteiger partial charge in [-0.25, -0.2) is 0 Å². The summed E-state index contributed by atoms with van der Waals surface area (Å²) in [5, 5.41) is 0. The molecule has 0 N–H and O–H groups in total. The van der Waals surface area contributed by atoms with Crippen molar-refractivity contribution in [1.29, 1.82) is 0 Å². The lowest BCUT2D eigenvalue weighted by Crippen LogP contribution is -2.60. The van der Waals surface area contributed by atoms with Gasteiger partial charge in [0.05, 0.1) is 32.0 Å². The molecule has 3 saturated heterocycles. The predicted octanol–water partition coefficient (Wildman–Crippen LogP) is 0.776. The van der Waals surface area contributed by atoms with Crippen molar-refractivity contribution < 1.29 is 14.3 Å². The van der Waals surface area contributed by atoms with Crippen molar-refractivity contribution >= 4 is 5.91 Å². The molecule has 1 aliphatic carbocycles. The molecule has 4 aliphatic rings. The Balaban J connectivity index is 1.27. The average Bonchev–Trinajstić information content (AvgIpc) is 3.13. The summed E-state index contributed by atoms with van der Waals surface area (Å²) < 4.78 is 11.5. The van der Waals surface area contributed by atoms with Gasteiger partial charge in [0.1, 0.15) is 0 Å². The van der Waals surface area contributed by atoms with E-state index in [1.54, 1.807) is 0 Å². The molecule has 1 aromatic heterocycles. The molecule has 4 fully saturated rings. The van der Waals surface area contributed by atoms with Gasteiger partial charge >= 0.3 is 0 Å². The van der Waals surface area contributed by atoms with Gasteiger partial charge in [0, 0.05) is 44.5 Å². The van der Waals surface area contributed by atoms with Gasteiger partial charge in [0.25, 0.3) is 0 Å². The van der Waals surface area contributed by atoms with E-state index in [0.717, 1.165) is 52.4 Å². The minimum atomic E-state index is 0.224. The maximum atomic E-state index is 12.9. The number of nitrogens with zero attached hydrogens (tertiary/aromatic N) is 3. The average molecular weight is 343 g/mol. The standard InChI is InChI=1S/C19H25N3O3/c23-19(18-14-11-24-12-15(14)18)22-5-3-17-16(10-22)21(6-7-25-17)9-13-2-1-4-20-8-13/h1-2,4,8,14-18H,3,5-7,9-12H2/t14-,15+,16-,17-,18?/m0/s1. The van der Waals surface area contributed by atoms with Crippen LogP contribution in [0.2, 0.25) is 0 Å². The molecule has 5 rings (SSSR count). The van der Waals surface area contributed by atoms with Gasteiger partial charge in [0.15, 0.2) is 0 Å². The van der Waals surface area contributed by atoms with E-state index in [1.165, 1.54) is 5.56 Å². The largest absolute Gasteiger partial charge is 0.381 e. The van der Waals surface area contributed by atoms with Crippen LogP contribution in [0, 0.1) is 17.8 Å². The molecular weight excluding hydrogens is 318 g/mol. The third-order valence-corrected chi connectivity index (χ3v) is 6.36. The fourth-order valence-corrected chi connectivity index (χ4v) is 4.88. The molecule has 1 unspecified atom stereocenters. The molecule has 0 radical (unpaired) electrons. The number of rotatable bonds is 3. The Labute approximate surface area is 148 Å². The number of carbonyl (C=O) groups excluding carboxylic acids is 1. The van der Waals surface area contributed by atoms with Gasteiger partial charge in [0.2, 0.25) is 5.91 Å². The number of amides is 1. The summed E-state index contributed by atoms with van der Waals surface area (Å²) >= 11 is 0. The van der Waals surface area contributed by atoms with Crippen LogP contribution >= 0.6 is 0 Å². The van der Waals surface area contributed by atoms with Crippen molar-refractivity contribution in [1.82, 2.24) is 14.8 Å². The summed E-state index contributed by atoms with van der Waals surface area (Å²) in [4.78, 5) is 21.7. The Hall–Kier alpha value is -1.50. The highest BCUT2D eigenvalue weighted by atomic mass is 16.5. The minimum absolute atomic E-state index is 0.224. The van der Waals surface area contributed by atoms with E-state index in [0.29, 0.717) is 23.8 Å². The third kappa shape index (κ3) is 2.86. The van der Waals surface area contributed by atoms with Gasteiger partial charge in [-0.3, -0.25) is 14.7 Å². The van der Waals surface area contributed by atoms with Crippen molar-refractivity contribution in [2.24, 2.45) is 17.8 Å². The maximum Gasteiger partial charge on any atom is 0.226 e. The van der Waals surface area contributed by atoms with Crippen LogP contribution in [0.3, 0.4) is 0 Å². The first-order valence-electron chi connectivity index (χ1n) is 9.42. The highest BCUT2D eigenvalue weighted by molar-refractivity contribution is 5.82. The Morgan fingerprint density at radius 2 is 2.16 bits per heavy atom. The van der Waals surface area contributed by atoms with Crippen molar-refractivity contribution in [3.8, 4) is 0 Å². The molecule has 5 atom stereocenters. The highest BCUT2D eigenvalue weighted by Crippen LogP contribution is 2.51. The second-order valence-electron chi connectivity index (χ2n) is 7.77. The van der Waals surface area contributed by atoms with Crippen molar-refractivity contribution in [2.45, 2.75) is 25.1 Å². The number of aromatic nitrogens is 1. The zero-order valence-electron chi connectivity index (χ0n) is 14.4. The van der Waals surface area contributed by atoms with Crippen LogP contribution in [-0.2, 0) is 20.8 Å². The van der Waals surface area contributed by atoms with Crippen LogP contribution in [0.25, 0.3) is 0 Å². The predicted molar refractivity (Wildman–Crippen MR) is 90.7 cm³/mol. The molecule has 4 heterocycles. The van der Waals surface area contributed by atoms with E-state index in [9.17, 15) is 4.79 Å². The lowest BCUT2D eigenvalue weighted by Gasteiger charge is -2.47. The SMILES string of the molecule is O=C(C1[C@H]2COC[C@@H]12)N1CC[C@@H]2OCCN(Cc3cccnc3)[C@H]2C1. The molecule has 0 bridgehead atoms. The molecule has 6 nitrogen and oxygen atoms in total. The summed E-state index contributed by atoms with van der Waals surface area (Å²) in [5.41, 5.74) is 1.22. The first kappa shape index (κ1) is 15.7.